The van der Waals surface area contributed by atoms with E-state index in [2.05, 4.69) is 0 Å². The van der Waals surface area contributed by atoms with Crippen LogP contribution in [0.25, 0.3) is 0 Å². The molecule has 0 amide bonds. The summed E-state index contributed by atoms with van der Waals surface area (Å²) in [4.78, 5) is 11.2. The SMILES string of the molecule is CCOC(=O)CCCCOc1cc(OC)c(CN)c(OC)c1. The first-order valence-electron chi connectivity index (χ1n) is 7.39. The molecule has 0 saturated carbocycles. The molecule has 2 N–H and O–H groups in total. The predicted octanol–water partition coefficient (Wildman–Crippen LogP) is 2.27. The van der Waals surface area contributed by atoms with Crippen molar-refractivity contribution in [2.24, 2.45) is 5.73 Å². The third-order valence-electron chi connectivity index (χ3n) is 3.13. The molecule has 1 aromatic rings. The van der Waals surface area contributed by atoms with Crippen LogP contribution in [0, 0.1) is 0 Å². The van der Waals surface area contributed by atoms with E-state index in [0.717, 1.165) is 18.4 Å². The molecular formula is C16H25NO5. The van der Waals surface area contributed by atoms with Crippen LogP contribution in [-0.4, -0.2) is 33.4 Å². The predicted molar refractivity (Wildman–Crippen MR) is 83.4 cm³/mol. The van der Waals surface area contributed by atoms with Gasteiger partial charge in [0.05, 0.1) is 27.4 Å². The Labute approximate surface area is 131 Å². The molecule has 0 fully saturated rings. The van der Waals surface area contributed by atoms with Crippen LogP contribution in [-0.2, 0) is 16.1 Å². The van der Waals surface area contributed by atoms with Gasteiger partial charge in [0.25, 0.3) is 0 Å². The van der Waals surface area contributed by atoms with Gasteiger partial charge in [0, 0.05) is 30.7 Å². The van der Waals surface area contributed by atoms with Crippen LogP contribution >= 0.6 is 0 Å². The van der Waals surface area contributed by atoms with E-state index in [-0.39, 0.29) is 5.97 Å². The number of methoxy groups -OCH3 is 2. The Morgan fingerprint density at radius 2 is 1.77 bits per heavy atom. The summed E-state index contributed by atoms with van der Waals surface area (Å²) in [6.45, 7) is 3.05. The van der Waals surface area contributed by atoms with Gasteiger partial charge in [0.2, 0.25) is 0 Å². The largest absolute Gasteiger partial charge is 0.496 e. The average Bonchev–Trinajstić information content (AvgIpc) is 2.53. The topological polar surface area (TPSA) is 80.0 Å². The number of rotatable bonds is 10. The van der Waals surface area contributed by atoms with Crippen molar-refractivity contribution in [3.05, 3.63) is 17.7 Å². The van der Waals surface area contributed by atoms with E-state index in [9.17, 15) is 4.79 Å². The lowest BCUT2D eigenvalue weighted by Gasteiger charge is -2.14. The summed E-state index contributed by atoms with van der Waals surface area (Å²) < 4.78 is 21.2. The summed E-state index contributed by atoms with van der Waals surface area (Å²) in [6, 6.07) is 3.58. The minimum atomic E-state index is -0.168. The second kappa shape index (κ2) is 9.89. The molecule has 0 aliphatic carbocycles. The number of ether oxygens (including phenoxy) is 4. The minimum Gasteiger partial charge on any atom is -0.496 e. The number of carbonyl (C=O) groups excluding carboxylic acids is 1. The quantitative estimate of drug-likeness (QED) is 0.527. The number of nitrogens with two attached hydrogens (primary N) is 1. The maximum absolute atomic E-state index is 11.2. The molecular weight excluding hydrogens is 286 g/mol. The van der Waals surface area contributed by atoms with Crippen molar-refractivity contribution in [3.63, 3.8) is 0 Å². The van der Waals surface area contributed by atoms with Crippen LogP contribution in [0.3, 0.4) is 0 Å². The molecule has 6 nitrogen and oxygen atoms in total. The van der Waals surface area contributed by atoms with E-state index >= 15 is 0 Å². The van der Waals surface area contributed by atoms with Gasteiger partial charge in [-0.25, -0.2) is 0 Å². The van der Waals surface area contributed by atoms with Crippen LogP contribution in [0.2, 0.25) is 0 Å². The van der Waals surface area contributed by atoms with E-state index in [1.807, 2.05) is 0 Å². The Bertz CT molecular complexity index is 451. The smallest absolute Gasteiger partial charge is 0.305 e. The fourth-order valence-electron chi connectivity index (χ4n) is 2.04. The third kappa shape index (κ3) is 5.44. The molecule has 0 aliphatic heterocycles. The first-order valence-corrected chi connectivity index (χ1v) is 7.39. The first-order chi connectivity index (χ1) is 10.7. The Morgan fingerprint density at radius 3 is 2.27 bits per heavy atom. The van der Waals surface area contributed by atoms with Crippen molar-refractivity contribution in [3.8, 4) is 17.2 Å². The van der Waals surface area contributed by atoms with Crippen LogP contribution in [0.5, 0.6) is 17.2 Å². The molecule has 1 rings (SSSR count). The van der Waals surface area contributed by atoms with Crippen molar-refractivity contribution in [2.75, 3.05) is 27.4 Å². The van der Waals surface area contributed by atoms with Crippen LogP contribution < -0.4 is 19.9 Å². The van der Waals surface area contributed by atoms with Gasteiger partial charge in [-0.2, -0.15) is 0 Å². The second-order valence-electron chi connectivity index (χ2n) is 4.62. The van der Waals surface area contributed by atoms with Crippen LogP contribution in [0.15, 0.2) is 12.1 Å². The molecule has 0 heterocycles. The molecule has 0 aromatic heterocycles. The molecule has 0 atom stereocenters. The molecule has 0 spiro atoms. The Balaban J connectivity index is 2.50. The van der Waals surface area contributed by atoms with Crippen molar-refractivity contribution in [1.29, 1.82) is 0 Å². The summed E-state index contributed by atoms with van der Waals surface area (Å²) in [5.41, 5.74) is 6.51. The lowest BCUT2D eigenvalue weighted by Crippen LogP contribution is -2.06. The first kappa shape index (κ1) is 18.1. The summed E-state index contributed by atoms with van der Waals surface area (Å²) in [7, 11) is 3.16. The van der Waals surface area contributed by atoms with E-state index in [0.29, 0.717) is 43.4 Å². The molecule has 124 valence electrons. The lowest BCUT2D eigenvalue weighted by molar-refractivity contribution is -0.143. The highest BCUT2D eigenvalue weighted by molar-refractivity contribution is 5.69. The molecule has 6 heteroatoms. The minimum absolute atomic E-state index is 0.168. The zero-order valence-corrected chi connectivity index (χ0v) is 13.5. The highest BCUT2D eigenvalue weighted by atomic mass is 16.5. The molecule has 0 radical (unpaired) electrons. The van der Waals surface area contributed by atoms with Crippen molar-refractivity contribution in [1.82, 2.24) is 0 Å². The van der Waals surface area contributed by atoms with Crippen LogP contribution in [0.1, 0.15) is 31.7 Å². The number of carbonyl (C=O) groups is 1. The van der Waals surface area contributed by atoms with E-state index in [1.54, 1.807) is 33.3 Å². The van der Waals surface area contributed by atoms with Crippen molar-refractivity contribution >= 4 is 5.97 Å². The number of hydrogen-bond acceptors (Lipinski definition) is 6. The number of hydrogen-bond donors (Lipinski definition) is 1. The van der Waals surface area contributed by atoms with Gasteiger partial charge in [-0.3, -0.25) is 4.79 Å². The van der Waals surface area contributed by atoms with Crippen molar-refractivity contribution in [2.45, 2.75) is 32.7 Å². The Morgan fingerprint density at radius 1 is 1.14 bits per heavy atom. The fourth-order valence-corrected chi connectivity index (χ4v) is 2.04. The molecule has 22 heavy (non-hydrogen) atoms. The Kier molecular flexibility index (Phi) is 8.14. The fraction of sp³-hybridized carbons (Fsp3) is 0.562. The van der Waals surface area contributed by atoms with Gasteiger partial charge in [-0.05, 0) is 19.8 Å². The normalized spacial score (nSPS) is 10.2. The van der Waals surface area contributed by atoms with Gasteiger partial charge in [0.1, 0.15) is 17.2 Å². The van der Waals surface area contributed by atoms with Crippen molar-refractivity contribution < 1.29 is 23.7 Å². The number of benzene rings is 1. The third-order valence-corrected chi connectivity index (χ3v) is 3.13. The zero-order chi connectivity index (χ0) is 16.4. The molecule has 0 bridgehead atoms. The summed E-state index contributed by atoms with van der Waals surface area (Å²) in [5.74, 6) is 1.77. The monoisotopic (exact) mass is 311 g/mol. The van der Waals surface area contributed by atoms with Gasteiger partial charge >= 0.3 is 5.97 Å². The van der Waals surface area contributed by atoms with E-state index < -0.39 is 0 Å². The lowest BCUT2D eigenvalue weighted by atomic mass is 10.1. The maximum Gasteiger partial charge on any atom is 0.305 e. The Hall–Kier alpha value is -1.95. The highest BCUT2D eigenvalue weighted by Crippen LogP contribution is 2.33. The summed E-state index contributed by atoms with van der Waals surface area (Å²) in [5, 5.41) is 0. The standard InChI is InChI=1S/C16H25NO5/c1-4-21-16(18)7-5-6-8-22-12-9-14(19-2)13(11-17)15(10-12)20-3/h9-10H,4-8,11,17H2,1-3H3. The molecule has 0 unspecified atom stereocenters. The molecule has 0 saturated heterocycles. The van der Waals surface area contributed by atoms with E-state index in [1.165, 1.54) is 0 Å². The van der Waals surface area contributed by atoms with Crippen LogP contribution in [0.4, 0.5) is 0 Å². The van der Waals surface area contributed by atoms with Gasteiger partial charge < -0.3 is 24.7 Å². The summed E-state index contributed by atoms with van der Waals surface area (Å²) >= 11 is 0. The molecule has 0 aliphatic rings. The maximum atomic E-state index is 11.2. The summed E-state index contributed by atoms with van der Waals surface area (Å²) in [6.07, 6.45) is 1.91. The second-order valence-corrected chi connectivity index (χ2v) is 4.62. The average molecular weight is 311 g/mol. The van der Waals surface area contributed by atoms with E-state index in [4.69, 9.17) is 24.7 Å². The van der Waals surface area contributed by atoms with Gasteiger partial charge in [0.15, 0.2) is 0 Å². The number of unbranched alkanes of at least 4 members (excludes halogenated alkanes) is 1. The van der Waals surface area contributed by atoms with Gasteiger partial charge in [-0.1, -0.05) is 0 Å². The highest BCUT2D eigenvalue weighted by Gasteiger charge is 2.12. The zero-order valence-electron chi connectivity index (χ0n) is 13.5. The molecule has 1 aromatic carbocycles. The van der Waals surface area contributed by atoms with Gasteiger partial charge in [-0.15, -0.1) is 0 Å². The number of esters is 1.